The Morgan fingerprint density at radius 2 is 2.33 bits per heavy atom. The predicted octanol–water partition coefficient (Wildman–Crippen LogP) is 0.459. The van der Waals surface area contributed by atoms with Crippen LogP contribution >= 0.6 is 24.8 Å². The summed E-state index contributed by atoms with van der Waals surface area (Å²) in [6, 6.07) is -0.0798. The quantitative estimate of drug-likeness (QED) is 0.429. The summed E-state index contributed by atoms with van der Waals surface area (Å²) in [6.45, 7) is 0.914. The molecule has 5 heteroatoms. The first-order chi connectivity index (χ1) is 5.70. The number of rotatable bonds is 1. The molecule has 1 heterocycles. The molecule has 68 valence electrons. The molecule has 12 heavy (non-hydrogen) atoms. The van der Waals surface area contributed by atoms with Crippen LogP contribution in [0.4, 0.5) is 0 Å². The average molecular weight is 204 g/mol. The molecule has 1 aliphatic rings. The van der Waals surface area contributed by atoms with Gasteiger partial charge in [-0.3, -0.25) is 4.79 Å². The maximum absolute atomic E-state index is 11.3. The zero-order chi connectivity index (χ0) is 8.97. The lowest BCUT2D eigenvalue weighted by Gasteiger charge is -2.21. The fraction of sp³-hybridized carbons (Fsp3) is 0.714. The normalized spacial score (nSPS) is 23.2. The maximum Gasteiger partial charge on any atom is 0.242 e. The van der Waals surface area contributed by atoms with Crippen molar-refractivity contribution in [1.29, 1.82) is 0 Å². The van der Waals surface area contributed by atoms with Gasteiger partial charge in [-0.15, -0.1) is 12.6 Å². The highest BCUT2D eigenvalue weighted by Gasteiger charge is 2.20. The van der Waals surface area contributed by atoms with E-state index in [-0.39, 0.29) is 16.3 Å². The smallest absolute Gasteiger partial charge is 0.242 e. The number of nitrogens with one attached hydrogen (secondary N) is 2. The van der Waals surface area contributed by atoms with Crippen molar-refractivity contribution in [2.24, 2.45) is 0 Å². The number of thiol groups is 1. The van der Waals surface area contributed by atoms with E-state index in [1.165, 1.54) is 0 Å². The topological polar surface area (TPSA) is 41.1 Å². The Kier molecular flexibility index (Phi) is 3.97. The summed E-state index contributed by atoms with van der Waals surface area (Å²) in [5.41, 5.74) is 0. The number of hydrogen-bond donors (Lipinski definition) is 3. The van der Waals surface area contributed by atoms with Gasteiger partial charge in [-0.2, -0.15) is 0 Å². The van der Waals surface area contributed by atoms with Crippen molar-refractivity contribution in [3.8, 4) is 0 Å². The second-order valence-electron chi connectivity index (χ2n) is 2.80. The summed E-state index contributed by atoms with van der Waals surface area (Å²) < 4.78 is 0.243. The van der Waals surface area contributed by atoms with E-state index >= 15 is 0 Å². The molecule has 3 nitrogen and oxygen atoms in total. The van der Waals surface area contributed by atoms with Gasteiger partial charge in [0, 0.05) is 0 Å². The molecule has 0 radical (unpaired) electrons. The summed E-state index contributed by atoms with van der Waals surface area (Å²) in [4.78, 5) is 11.3. The molecule has 1 fully saturated rings. The van der Waals surface area contributed by atoms with Gasteiger partial charge in [-0.05, 0) is 19.4 Å². The molecular weight excluding hydrogens is 192 g/mol. The number of piperidine rings is 1. The lowest BCUT2D eigenvalue weighted by atomic mass is 10.0. The summed E-state index contributed by atoms with van der Waals surface area (Å²) in [7, 11) is 0. The molecule has 0 aromatic carbocycles. The molecule has 1 atom stereocenters. The minimum absolute atomic E-state index is 0.0605. The van der Waals surface area contributed by atoms with Gasteiger partial charge in [0.05, 0.1) is 6.04 Å². The highest BCUT2D eigenvalue weighted by molar-refractivity contribution is 8.11. The summed E-state index contributed by atoms with van der Waals surface area (Å²) in [6.07, 6.45) is 3.14. The number of carbonyl (C=O) groups is 1. The zero-order valence-electron chi connectivity index (χ0n) is 6.67. The minimum Gasteiger partial charge on any atom is -0.310 e. The van der Waals surface area contributed by atoms with E-state index in [9.17, 15) is 4.79 Å². The lowest BCUT2D eigenvalue weighted by Crippen LogP contribution is -2.47. The van der Waals surface area contributed by atoms with E-state index < -0.39 is 0 Å². The Morgan fingerprint density at radius 3 is 2.83 bits per heavy atom. The zero-order valence-corrected chi connectivity index (χ0v) is 8.38. The number of thiocarbonyl (C=S) groups is 1. The van der Waals surface area contributed by atoms with Gasteiger partial charge in [0.2, 0.25) is 5.91 Å². The molecule has 0 bridgehead atoms. The van der Waals surface area contributed by atoms with Crippen LogP contribution in [0.1, 0.15) is 19.3 Å². The van der Waals surface area contributed by atoms with Crippen molar-refractivity contribution in [2.75, 3.05) is 6.54 Å². The van der Waals surface area contributed by atoms with Crippen LogP contribution in [0.15, 0.2) is 0 Å². The largest absolute Gasteiger partial charge is 0.310 e. The van der Waals surface area contributed by atoms with Crippen LogP contribution in [0, 0.1) is 0 Å². The molecule has 0 aromatic rings. The average Bonchev–Trinajstić information content (AvgIpc) is 2.05. The van der Waals surface area contributed by atoms with E-state index in [1.54, 1.807) is 0 Å². The summed E-state index contributed by atoms with van der Waals surface area (Å²) >= 11 is 8.47. The Balaban J connectivity index is 2.34. The Morgan fingerprint density at radius 1 is 1.58 bits per heavy atom. The minimum atomic E-state index is -0.0798. The molecule has 1 saturated heterocycles. The van der Waals surface area contributed by atoms with Crippen molar-refractivity contribution < 1.29 is 4.79 Å². The molecule has 0 aromatic heterocycles. The van der Waals surface area contributed by atoms with Gasteiger partial charge in [0.1, 0.15) is 4.32 Å². The van der Waals surface area contributed by atoms with Crippen LogP contribution in [0.3, 0.4) is 0 Å². The molecule has 1 rings (SSSR count). The van der Waals surface area contributed by atoms with Gasteiger partial charge >= 0.3 is 0 Å². The van der Waals surface area contributed by atoms with E-state index in [0.29, 0.717) is 0 Å². The second kappa shape index (κ2) is 4.79. The first kappa shape index (κ1) is 9.95. The van der Waals surface area contributed by atoms with Crippen LogP contribution in [0.5, 0.6) is 0 Å². The fourth-order valence-electron chi connectivity index (χ4n) is 1.27. The van der Waals surface area contributed by atoms with Gasteiger partial charge in [-0.1, -0.05) is 18.6 Å². The van der Waals surface area contributed by atoms with Gasteiger partial charge < -0.3 is 10.6 Å². The molecule has 1 aliphatic heterocycles. The number of amides is 1. The van der Waals surface area contributed by atoms with Crippen LogP contribution in [0.25, 0.3) is 0 Å². The molecule has 0 spiro atoms. The van der Waals surface area contributed by atoms with Gasteiger partial charge in [-0.25, -0.2) is 0 Å². The molecule has 0 saturated carbocycles. The van der Waals surface area contributed by atoms with Gasteiger partial charge in [0.15, 0.2) is 0 Å². The molecular formula is C7H12N2OS2. The van der Waals surface area contributed by atoms with Crippen LogP contribution in [0.2, 0.25) is 0 Å². The molecule has 1 unspecified atom stereocenters. The molecule has 1 amide bonds. The fourth-order valence-corrected chi connectivity index (χ4v) is 1.48. The van der Waals surface area contributed by atoms with Crippen LogP contribution in [-0.2, 0) is 4.79 Å². The first-order valence-electron chi connectivity index (χ1n) is 3.97. The number of carbonyl (C=O) groups excluding carboxylic acids is 1. The SMILES string of the molecule is O=C(NC(=S)S)C1CCCCN1. The van der Waals surface area contributed by atoms with Crippen LogP contribution in [-0.4, -0.2) is 22.8 Å². The monoisotopic (exact) mass is 204 g/mol. The number of hydrogen-bond acceptors (Lipinski definition) is 3. The van der Waals surface area contributed by atoms with Crippen molar-refractivity contribution >= 4 is 35.1 Å². The van der Waals surface area contributed by atoms with Crippen LogP contribution < -0.4 is 10.6 Å². The van der Waals surface area contributed by atoms with Crippen molar-refractivity contribution in [3.05, 3.63) is 0 Å². The molecule has 0 aliphatic carbocycles. The summed E-state index contributed by atoms with van der Waals surface area (Å²) in [5, 5.41) is 5.63. The Bertz CT molecular complexity index is 190. The molecule has 2 N–H and O–H groups in total. The first-order valence-corrected chi connectivity index (χ1v) is 4.83. The van der Waals surface area contributed by atoms with E-state index in [2.05, 4.69) is 35.5 Å². The lowest BCUT2D eigenvalue weighted by molar-refractivity contribution is -0.122. The van der Waals surface area contributed by atoms with Crippen molar-refractivity contribution in [2.45, 2.75) is 25.3 Å². The second-order valence-corrected chi connectivity index (χ2v) is 3.95. The highest BCUT2D eigenvalue weighted by atomic mass is 32.1. The third kappa shape index (κ3) is 3.08. The van der Waals surface area contributed by atoms with E-state index in [0.717, 1.165) is 25.8 Å². The summed E-state index contributed by atoms with van der Waals surface area (Å²) in [5.74, 6) is -0.0605. The van der Waals surface area contributed by atoms with Gasteiger partial charge in [0.25, 0.3) is 0 Å². The predicted molar refractivity (Wildman–Crippen MR) is 55.4 cm³/mol. The Hall–Kier alpha value is -0.130. The maximum atomic E-state index is 11.3. The van der Waals surface area contributed by atoms with Crippen molar-refractivity contribution in [1.82, 2.24) is 10.6 Å². The van der Waals surface area contributed by atoms with Crippen molar-refractivity contribution in [3.63, 3.8) is 0 Å². The highest BCUT2D eigenvalue weighted by Crippen LogP contribution is 2.06. The third-order valence-electron chi connectivity index (χ3n) is 1.86. The third-order valence-corrected chi connectivity index (χ3v) is 2.07. The van der Waals surface area contributed by atoms with E-state index in [4.69, 9.17) is 0 Å². The van der Waals surface area contributed by atoms with E-state index in [1.807, 2.05) is 0 Å². The Labute approximate surface area is 82.7 Å². The standard InChI is InChI=1S/C7H12N2OS2/c10-6(9-7(11)12)5-3-1-2-4-8-5/h5,8H,1-4H2,(H2,9,10,11,12).